The van der Waals surface area contributed by atoms with Crippen molar-refractivity contribution in [2.24, 2.45) is 5.92 Å². The fourth-order valence-corrected chi connectivity index (χ4v) is 3.87. The minimum Gasteiger partial charge on any atom is -0.378 e. The highest BCUT2D eigenvalue weighted by Crippen LogP contribution is 2.36. The average Bonchev–Trinajstić information content (AvgIpc) is 2.29. The molecule has 5 unspecified atom stereocenters. The molecule has 0 aromatic carbocycles. The van der Waals surface area contributed by atoms with E-state index in [-0.39, 0.29) is 6.10 Å². The van der Waals surface area contributed by atoms with Gasteiger partial charge < -0.3 is 9.47 Å². The van der Waals surface area contributed by atoms with Crippen LogP contribution in [0.3, 0.4) is 0 Å². The van der Waals surface area contributed by atoms with Crippen LogP contribution in [0.1, 0.15) is 45.4 Å². The molecule has 0 saturated heterocycles. The monoisotopic (exact) mass is 290 g/mol. The number of ether oxygens (including phenoxy) is 2. The molecule has 2 rings (SSSR count). The number of methoxy groups -OCH3 is 1. The summed E-state index contributed by atoms with van der Waals surface area (Å²) in [6, 6.07) is 0. The van der Waals surface area contributed by atoms with Crippen molar-refractivity contribution in [2.45, 2.75) is 68.6 Å². The highest BCUT2D eigenvalue weighted by Gasteiger charge is 2.42. The molecule has 2 aliphatic rings. The molecule has 0 heterocycles. The largest absolute Gasteiger partial charge is 0.378 e. The molecule has 5 atom stereocenters. The first kappa shape index (κ1) is 12.8. The first-order valence-electron chi connectivity index (χ1n) is 6.57. The van der Waals surface area contributed by atoms with Crippen molar-refractivity contribution in [3.8, 4) is 0 Å². The van der Waals surface area contributed by atoms with Crippen LogP contribution in [0.5, 0.6) is 0 Å². The topological polar surface area (TPSA) is 18.5 Å². The van der Waals surface area contributed by atoms with Crippen LogP contribution in [-0.4, -0.2) is 30.2 Å². The molecule has 0 aromatic rings. The van der Waals surface area contributed by atoms with Crippen molar-refractivity contribution >= 4 is 15.9 Å². The molecule has 2 aliphatic carbocycles. The van der Waals surface area contributed by atoms with Gasteiger partial charge in [-0.05, 0) is 25.2 Å². The first-order chi connectivity index (χ1) is 7.74. The molecule has 0 bridgehead atoms. The van der Waals surface area contributed by atoms with Crippen LogP contribution >= 0.6 is 15.9 Å². The number of rotatable bonds is 4. The molecule has 0 radical (unpaired) electrons. The summed E-state index contributed by atoms with van der Waals surface area (Å²) in [7, 11) is 1.78. The predicted octanol–water partition coefficient (Wildman–Crippen LogP) is 3.52. The van der Waals surface area contributed by atoms with E-state index >= 15 is 0 Å². The highest BCUT2D eigenvalue weighted by atomic mass is 79.9. The molecule has 3 heteroatoms. The third-order valence-electron chi connectivity index (χ3n) is 4.13. The summed E-state index contributed by atoms with van der Waals surface area (Å²) < 4.78 is 11.6. The Labute approximate surface area is 107 Å². The molecular formula is C13H23BrO2. The maximum Gasteiger partial charge on any atom is 0.0958 e. The van der Waals surface area contributed by atoms with Gasteiger partial charge in [0.15, 0.2) is 0 Å². The molecule has 16 heavy (non-hydrogen) atoms. The second kappa shape index (κ2) is 5.83. The van der Waals surface area contributed by atoms with E-state index in [2.05, 4.69) is 22.9 Å². The van der Waals surface area contributed by atoms with Gasteiger partial charge in [-0.2, -0.15) is 0 Å². The summed E-state index contributed by atoms with van der Waals surface area (Å²) in [5.74, 6) is 0.889. The van der Waals surface area contributed by atoms with Crippen LogP contribution in [-0.2, 0) is 9.47 Å². The van der Waals surface area contributed by atoms with Gasteiger partial charge in [0.2, 0.25) is 0 Å². The molecule has 94 valence electrons. The van der Waals surface area contributed by atoms with E-state index in [4.69, 9.17) is 9.47 Å². The van der Waals surface area contributed by atoms with Gasteiger partial charge >= 0.3 is 0 Å². The Morgan fingerprint density at radius 3 is 2.69 bits per heavy atom. The summed E-state index contributed by atoms with van der Waals surface area (Å²) >= 11 is 3.61. The molecule has 0 amide bonds. The van der Waals surface area contributed by atoms with Crippen LogP contribution in [0.25, 0.3) is 0 Å². The molecule has 0 aliphatic heterocycles. The summed E-state index contributed by atoms with van der Waals surface area (Å²) in [5.41, 5.74) is 0. The second-order valence-corrected chi connectivity index (χ2v) is 6.37. The van der Waals surface area contributed by atoms with Crippen LogP contribution < -0.4 is 0 Å². The number of hydrogen-bond donors (Lipinski definition) is 0. The molecule has 0 N–H and O–H groups in total. The molecule has 2 fully saturated rings. The fourth-order valence-electron chi connectivity index (χ4n) is 2.94. The Morgan fingerprint density at radius 2 is 2.06 bits per heavy atom. The number of hydrogen-bond acceptors (Lipinski definition) is 2. The van der Waals surface area contributed by atoms with E-state index in [1.54, 1.807) is 7.11 Å². The standard InChI is InChI=1S/C13H23BrO2/c1-3-9-5-4-6-10(7-9)16-12-8-11(14)13(12)15-2/h9-13H,3-8H2,1-2H3. The van der Waals surface area contributed by atoms with Crippen LogP contribution in [0, 0.1) is 5.92 Å². The zero-order valence-corrected chi connectivity index (χ0v) is 11.9. The molecule has 0 spiro atoms. The van der Waals surface area contributed by atoms with Crippen molar-refractivity contribution < 1.29 is 9.47 Å². The van der Waals surface area contributed by atoms with E-state index < -0.39 is 0 Å². The smallest absolute Gasteiger partial charge is 0.0958 e. The maximum atomic E-state index is 6.18. The van der Waals surface area contributed by atoms with Crippen molar-refractivity contribution in [3.63, 3.8) is 0 Å². The zero-order chi connectivity index (χ0) is 11.5. The Balaban J connectivity index is 1.77. The maximum absolute atomic E-state index is 6.18. The Hall–Kier alpha value is 0.400. The van der Waals surface area contributed by atoms with E-state index in [0.29, 0.717) is 17.0 Å². The molecule has 2 nitrogen and oxygen atoms in total. The Bertz CT molecular complexity index is 222. The predicted molar refractivity (Wildman–Crippen MR) is 69.0 cm³/mol. The van der Waals surface area contributed by atoms with Crippen molar-refractivity contribution in [1.82, 2.24) is 0 Å². The first-order valence-corrected chi connectivity index (χ1v) is 7.48. The van der Waals surface area contributed by atoms with Gasteiger partial charge in [-0.1, -0.05) is 42.1 Å². The lowest BCUT2D eigenvalue weighted by Crippen LogP contribution is -2.51. The third-order valence-corrected chi connectivity index (χ3v) is 5.03. The SMILES string of the molecule is CCC1CCCC(OC2CC(Br)C2OC)C1. The highest BCUT2D eigenvalue weighted by molar-refractivity contribution is 9.09. The lowest BCUT2D eigenvalue weighted by Gasteiger charge is -2.43. The molecule has 2 saturated carbocycles. The fraction of sp³-hybridized carbons (Fsp3) is 1.00. The van der Waals surface area contributed by atoms with Crippen molar-refractivity contribution in [1.29, 1.82) is 0 Å². The molecular weight excluding hydrogens is 268 g/mol. The van der Waals surface area contributed by atoms with E-state index in [0.717, 1.165) is 12.3 Å². The lowest BCUT2D eigenvalue weighted by atomic mass is 9.84. The van der Waals surface area contributed by atoms with Crippen LogP contribution in [0.4, 0.5) is 0 Å². The van der Waals surface area contributed by atoms with Gasteiger partial charge in [-0.3, -0.25) is 0 Å². The number of halogens is 1. The minimum absolute atomic E-state index is 0.266. The van der Waals surface area contributed by atoms with Gasteiger partial charge in [-0.15, -0.1) is 0 Å². The van der Waals surface area contributed by atoms with Gasteiger partial charge in [0.05, 0.1) is 18.3 Å². The molecule has 0 aromatic heterocycles. The van der Waals surface area contributed by atoms with Gasteiger partial charge in [0.1, 0.15) is 0 Å². The average molecular weight is 291 g/mol. The normalized spacial score (nSPS) is 44.1. The van der Waals surface area contributed by atoms with E-state index in [1.165, 1.54) is 32.1 Å². The van der Waals surface area contributed by atoms with Gasteiger partial charge in [0.25, 0.3) is 0 Å². The van der Waals surface area contributed by atoms with Gasteiger partial charge in [-0.25, -0.2) is 0 Å². The van der Waals surface area contributed by atoms with Crippen LogP contribution in [0.2, 0.25) is 0 Å². The van der Waals surface area contributed by atoms with Crippen molar-refractivity contribution in [2.75, 3.05) is 7.11 Å². The second-order valence-electron chi connectivity index (χ2n) is 5.19. The zero-order valence-electron chi connectivity index (χ0n) is 10.3. The lowest BCUT2D eigenvalue weighted by molar-refractivity contribution is -0.144. The Kier molecular flexibility index (Phi) is 4.68. The van der Waals surface area contributed by atoms with E-state index in [1.807, 2.05) is 0 Å². The Morgan fingerprint density at radius 1 is 1.25 bits per heavy atom. The third kappa shape index (κ3) is 2.80. The summed E-state index contributed by atoms with van der Waals surface area (Å²) in [6.07, 6.45) is 8.73. The quantitative estimate of drug-likeness (QED) is 0.738. The summed E-state index contributed by atoms with van der Waals surface area (Å²) in [6.45, 7) is 2.29. The number of alkyl halides is 1. The van der Waals surface area contributed by atoms with Crippen LogP contribution in [0.15, 0.2) is 0 Å². The summed E-state index contributed by atoms with van der Waals surface area (Å²) in [4.78, 5) is 0.494. The minimum atomic E-state index is 0.266. The van der Waals surface area contributed by atoms with Gasteiger partial charge in [0, 0.05) is 11.9 Å². The van der Waals surface area contributed by atoms with Crippen molar-refractivity contribution in [3.05, 3.63) is 0 Å². The summed E-state index contributed by atoms with van der Waals surface area (Å²) in [5, 5.41) is 0. The van der Waals surface area contributed by atoms with E-state index in [9.17, 15) is 0 Å².